The molecule has 0 aromatic heterocycles. The van der Waals surface area contributed by atoms with Gasteiger partial charge in [-0.2, -0.15) is 0 Å². The Labute approximate surface area is 187 Å². The highest BCUT2D eigenvalue weighted by molar-refractivity contribution is 6.46. The Morgan fingerprint density at radius 3 is 2.58 bits per heavy atom. The maximum Gasteiger partial charge on any atom is 0.295 e. The second-order valence-corrected chi connectivity index (χ2v) is 8.05. The van der Waals surface area contributed by atoms with Gasteiger partial charge in [0.2, 0.25) is 5.78 Å². The Morgan fingerprint density at radius 2 is 1.94 bits per heavy atom. The predicted molar refractivity (Wildman–Crippen MR) is 118 cm³/mol. The minimum absolute atomic E-state index is 0.0538. The molecule has 162 valence electrons. The zero-order valence-corrected chi connectivity index (χ0v) is 18.3. The van der Waals surface area contributed by atoms with Gasteiger partial charge in [0, 0.05) is 10.6 Å². The molecule has 3 rings (SSSR count). The van der Waals surface area contributed by atoms with E-state index in [1.54, 1.807) is 54.6 Å². The second-order valence-electron chi connectivity index (χ2n) is 7.61. The molecule has 1 heterocycles. The molecule has 7 heteroatoms. The molecule has 0 bridgehead atoms. The van der Waals surface area contributed by atoms with Crippen molar-refractivity contribution < 1.29 is 24.3 Å². The summed E-state index contributed by atoms with van der Waals surface area (Å²) in [5.74, 6) is -1.34. The summed E-state index contributed by atoms with van der Waals surface area (Å²) < 4.78 is 5.62. The Hall–Kier alpha value is -3.09. The quantitative estimate of drug-likeness (QED) is 0.290. The van der Waals surface area contributed by atoms with Gasteiger partial charge >= 0.3 is 0 Å². The first kappa shape index (κ1) is 22.6. The number of rotatable bonds is 8. The van der Waals surface area contributed by atoms with Gasteiger partial charge in [0.15, 0.2) is 0 Å². The molecule has 6 nitrogen and oxygen atoms in total. The van der Waals surface area contributed by atoms with Crippen LogP contribution in [0, 0.1) is 0 Å². The molecule has 1 fully saturated rings. The van der Waals surface area contributed by atoms with Crippen molar-refractivity contribution in [2.45, 2.75) is 6.04 Å². The lowest BCUT2D eigenvalue weighted by atomic mass is 9.95. The maximum atomic E-state index is 13.3. The highest BCUT2D eigenvalue weighted by Gasteiger charge is 2.44. The first-order chi connectivity index (χ1) is 14.8. The third-order valence-corrected chi connectivity index (χ3v) is 5.28. The lowest BCUT2D eigenvalue weighted by Gasteiger charge is -2.28. The topological polar surface area (TPSA) is 74.1 Å². The highest BCUT2D eigenvalue weighted by atomic mass is 35.5. The smallest absolute Gasteiger partial charge is 0.295 e. The van der Waals surface area contributed by atoms with E-state index in [1.165, 1.54) is 4.90 Å². The molecule has 0 radical (unpaired) electrons. The fourth-order valence-corrected chi connectivity index (χ4v) is 3.60. The molecular weight excluding hydrogens is 416 g/mol. The van der Waals surface area contributed by atoms with Crippen LogP contribution in [-0.4, -0.2) is 50.4 Å². The van der Waals surface area contributed by atoms with Crippen molar-refractivity contribution >= 4 is 29.1 Å². The van der Waals surface area contributed by atoms with Gasteiger partial charge in [-0.3, -0.25) is 9.59 Å². The minimum Gasteiger partial charge on any atom is -0.872 e. The standard InChI is InChI=1S/C24H25ClN2O4/c1-4-14-31-19-7-5-6-17(15-19)21-20(22(28)16-8-10-18(25)11-9-16)23(29)24(30)27(21)13-12-26(2)3/h4-11,15,21,28H,1,12-14H2,2-3H3/b22-20+. The summed E-state index contributed by atoms with van der Waals surface area (Å²) in [7, 11) is 3.93. The van der Waals surface area contributed by atoms with Crippen molar-refractivity contribution in [3.8, 4) is 5.75 Å². The van der Waals surface area contributed by atoms with Crippen LogP contribution in [0.2, 0.25) is 5.02 Å². The van der Waals surface area contributed by atoms with E-state index in [4.69, 9.17) is 16.3 Å². The number of halogens is 1. The lowest BCUT2D eigenvalue weighted by Crippen LogP contribution is -3.06. The molecule has 0 spiro atoms. The number of ketones is 1. The molecule has 1 saturated heterocycles. The fourth-order valence-electron chi connectivity index (χ4n) is 3.48. The molecule has 1 aliphatic heterocycles. The molecule has 0 aliphatic carbocycles. The lowest BCUT2D eigenvalue weighted by molar-refractivity contribution is -0.857. The van der Waals surface area contributed by atoms with Crippen LogP contribution in [0.4, 0.5) is 0 Å². The van der Waals surface area contributed by atoms with Crippen molar-refractivity contribution in [3.05, 3.63) is 82.9 Å². The number of benzene rings is 2. The van der Waals surface area contributed by atoms with Crippen LogP contribution in [-0.2, 0) is 9.59 Å². The second kappa shape index (κ2) is 9.81. The van der Waals surface area contributed by atoms with Crippen molar-refractivity contribution in [2.24, 2.45) is 0 Å². The number of nitrogens with zero attached hydrogens (tertiary/aromatic N) is 1. The molecule has 1 unspecified atom stereocenters. The zero-order chi connectivity index (χ0) is 22.5. The van der Waals surface area contributed by atoms with Crippen molar-refractivity contribution in [1.29, 1.82) is 0 Å². The molecule has 1 amide bonds. The third kappa shape index (κ3) is 4.98. The number of likely N-dealkylation sites (N-methyl/N-ethyl adjacent to an activating group) is 1. The summed E-state index contributed by atoms with van der Waals surface area (Å²) in [6, 6.07) is 12.6. The Kier molecular flexibility index (Phi) is 7.15. The van der Waals surface area contributed by atoms with Crippen molar-refractivity contribution in [3.63, 3.8) is 0 Å². The SMILES string of the molecule is C=CCOc1cccc(C2/C(=C(\[O-])c3ccc(Cl)cc3)C(=O)C(=O)N2CC[NH+](C)C)c1. The number of quaternary nitrogens is 1. The van der Waals surface area contributed by atoms with Crippen molar-refractivity contribution in [1.82, 2.24) is 4.90 Å². The number of carbonyl (C=O) groups is 2. The number of hydrogen-bond acceptors (Lipinski definition) is 4. The van der Waals surface area contributed by atoms with E-state index in [1.807, 2.05) is 14.1 Å². The number of nitrogens with one attached hydrogen (secondary N) is 1. The van der Waals surface area contributed by atoms with E-state index in [-0.39, 0.29) is 5.57 Å². The summed E-state index contributed by atoms with van der Waals surface area (Å²) in [6.45, 7) is 4.93. The third-order valence-electron chi connectivity index (χ3n) is 5.03. The number of carbonyl (C=O) groups excluding carboxylic acids is 2. The maximum absolute atomic E-state index is 13.3. The van der Waals surface area contributed by atoms with Crippen LogP contribution < -0.4 is 14.7 Å². The molecule has 1 N–H and O–H groups in total. The monoisotopic (exact) mass is 440 g/mol. The molecule has 1 atom stereocenters. The highest BCUT2D eigenvalue weighted by Crippen LogP contribution is 2.39. The van der Waals surface area contributed by atoms with E-state index in [2.05, 4.69) is 6.58 Å². The van der Waals surface area contributed by atoms with E-state index in [0.717, 1.165) is 4.90 Å². The van der Waals surface area contributed by atoms with Crippen molar-refractivity contribution in [2.75, 3.05) is 33.8 Å². The molecule has 0 saturated carbocycles. The van der Waals surface area contributed by atoms with E-state index in [9.17, 15) is 14.7 Å². The van der Waals surface area contributed by atoms with Crippen LogP contribution in [0.5, 0.6) is 5.75 Å². The summed E-state index contributed by atoms with van der Waals surface area (Å²) in [6.07, 6.45) is 1.63. The van der Waals surface area contributed by atoms with E-state index < -0.39 is 23.5 Å². The number of hydrogen-bond donors (Lipinski definition) is 1. The number of likely N-dealkylation sites (tertiary alicyclic amines) is 1. The first-order valence-corrected chi connectivity index (χ1v) is 10.4. The molecule has 2 aromatic rings. The van der Waals surface area contributed by atoms with E-state index >= 15 is 0 Å². The Morgan fingerprint density at radius 1 is 1.23 bits per heavy atom. The fraction of sp³-hybridized carbons (Fsp3) is 0.250. The minimum atomic E-state index is -0.783. The van der Waals surface area contributed by atoms with Gasteiger partial charge in [0.25, 0.3) is 5.91 Å². The normalized spacial score (nSPS) is 17.9. The van der Waals surface area contributed by atoms with Gasteiger partial charge in [-0.25, -0.2) is 0 Å². The summed E-state index contributed by atoms with van der Waals surface area (Å²) in [4.78, 5) is 28.4. The number of Topliss-reactive ketones (excluding diaryl/α,β-unsaturated/α-hetero) is 1. The molecule has 1 aliphatic rings. The zero-order valence-electron chi connectivity index (χ0n) is 17.6. The molecular formula is C24H25ClN2O4. The van der Waals surface area contributed by atoms with Gasteiger partial charge in [-0.15, -0.1) is 0 Å². The van der Waals surface area contributed by atoms with Crippen LogP contribution in [0.25, 0.3) is 5.76 Å². The van der Waals surface area contributed by atoms with Crippen LogP contribution in [0.15, 0.2) is 66.8 Å². The average molecular weight is 441 g/mol. The molecule has 2 aromatic carbocycles. The predicted octanol–water partition coefficient (Wildman–Crippen LogP) is 1.27. The van der Waals surface area contributed by atoms with Gasteiger partial charge in [0.05, 0.1) is 33.2 Å². The van der Waals surface area contributed by atoms with Gasteiger partial charge in [-0.1, -0.05) is 54.3 Å². The molecule has 31 heavy (non-hydrogen) atoms. The first-order valence-electron chi connectivity index (χ1n) is 9.98. The largest absolute Gasteiger partial charge is 0.872 e. The van der Waals surface area contributed by atoms with Crippen LogP contribution >= 0.6 is 11.6 Å². The van der Waals surface area contributed by atoms with Crippen LogP contribution in [0.1, 0.15) is 17.2 Å². The number of ether oxygens (including phenoxy) is 1. The number of amides is 1. The van der Waals surface area contributed by atoms with E-state index in [0.29, 0.717) is 41.6 Å². The van der Waals surface area contributed by atoms with Gasteiger partial charge in [-0.05, 0) is 35.4 Å². The van der Waals surface area contributed by atoms with Crippen LogP contribution in [0.3, 0.4) is 0 Å². The summed E-state index contributed by atoms with van der Waals surface area (Å²) >= 11 is 5.93. The van der Waals surface area contributed by atoms with Gasteiger partial charge in [0.1, 0.15) is 12.4 Å². The summed E-state index contributed by atoms with van der Waals surface area (Å²) in [5, 5.41) is 13.8. The summed E-state index contributed by atoms with van der Waals surface area (Å²) in [5.41, 5.74) is 0.901. The Balaban J connectivity index is 2.12. The average Bonchev–Trinajstić information content (AvgIpc) is 3.01. The van der Waals surface area contributed by atoms with Gasteiger partial charge < -0.3 is 19.6 Å². The Bertz CT molecular complexity index is 1010.